The quantitative estimate of drug-likeness (QED) is 0.526. The van der Waals surface area contributed by atoms with Gasteiger partial charge in [0, 0.05) is 22.2 Å². The first kappa shape index (κ1) is 19.8. The molecular weight excluding hydrogens is 342 g/mol. The van der Waals surface area contributed by atoms with E-state index in [1.165, 1.54) is 18.2 Å². The van der Waals surface area contributed by atoms with Gasteiger partial charge in [0.05, 0.1) is 6.54 Å². The van der Waals surface area contributed by atoms with Gasteiger partial charge in [-0.2, -0.15) is 0 Å². The molecule has 2 amide bonds. The minimum atomic E-state index is -1.34. The van der Waals surface area contributed by atoms with E-state index in [2.05, 4.69) is 10.6 Å². The Balaban J connectivity index is 2.34. The van der Waals surface area contributed by atoms with E-state index in [0.717, 1.165) is 0 Å². The number of halogens is 2. The van der Waals surface area contributed by atoms with Crippen LogP contribution in [0.1, 0.15) is 23.7 Å². The van der Waals surface area contributed by atoms with Crippen LogP contribution in [0, 0.1) is 5.92 Å². The van der Waals surface area contributed by atoms with Crippen LogP contribution in [0.4, 0.5) is 0 Å². The zero-order valence-corrected chi connectivity index (χ0v) is 14.2. The molecule has 0 aliphatic heterocycles. The molecule has 0 aliphatic rings. The molecule has 1 atom stereocenters. The summed E-state index contributed by atoms with van der Waals surface area (Å²) in [6.07, 6.45) is 0.828. The van der Waals surface area contributed by atoms with Gasteiger partial charge in [-0.05, 0) is 30.4 Å². The Hall–Kier alpha value is -1.28. The molecule has 1 aromatic rings. The molecule has 0 spiro atoms. The van der Waals surface area contributed by atoms with Gasteiger partial charge in [-0.3, -0.25) is 9.59 Å². The minimum absolute atomic E-state index is 0.100. The fraction of sp³-hybridized carbons (Fsp3) is 0.429. The standard InChI is InChI=1S/C14H19BCl2N2O4/c1-9(2-3-15(22)23)7-18-13(20)8-19-14(21)10-4-11(16)6-12(17)5-10/h4-6,9,22-23H,2-3,7-8H2,1H3,(H,18,20)(H,19,21). The van der Waals surface area contributed by atoms with Gasteiger partial charge in [0.2, 0.25) is 5.91 Å². The van der Waals surface area contributed by atoms with Gasteiger partial charge in [-0.25, -0.2) is 0 Å². The van der Waals surface area contributed by atoms with Crippen molar-refractivity contribution in [1.82, 2.24) is 10.6 Å². The van der Waals surface area contributed by atoms with E-state index in [-0.39, 0.29) is 30.3 Å². The van der Waals surface area contributed by atoms with E-state index in [1.54, 1.807) is 0 Å². The molecular formula is C14H19BCl2N2O4. The summed E-state index contributed by atoms with van der Waals surface area (Å²) in [5.41, 5.74) is 0.278. The van der Waals surface area contributed by atoms with Crippen molar-refractivity contribution in [1.29, 1.82) is 0 Å². The molecule has 4 N–H and O–H groups in total. The number of rotatable bonds is 8. The number of hydrogen-bond donors (Lipinski definition) is 4. The van der Waals surface area contributed by atoms with Gasteiger partial charge in [-0.15, -0.1) is 0 Å². The number of amides is 2. The highest BCUT2D eigenvalue weighted by Crippen LogP contribution is 2.18. The fourth-order valence-electron chi connectivity index (χ4n) is 1.83. The number of carbonyl (C=O) groups excluding carboxylic acids is 2. The van der Waals surface area contributed by atoms with Crippen LogP contribution in [0.3, 0.4) is 0 Å². The highest BCUT2D eigenvalue weighted by Gasteiger charge is 2.12. The molecule has 126 valence electrons. The van der Waals surface area contributed by atoms with E-state index in [4.69, 9.17) is 33.2 Å². The zero-order chi connectivity index (χ0) is 17.4. The van der Waals surface area contributed by atoms with Crippen molar-refractivity contribution in [3.8, 4) is 0 Å². The first-order chi connectivity index (χ1) is 10.8. The molecule has 23 heavy (non-hydrogen) atoms. The molecule has 6 nitrogen and oxygen atoms in total. The van der Waals surface area contributed by atoms with Gasteiger partial charge >= 0.3 is 7.12 Å². The van der Waals surface area contributed by atoms with Crippen molar-refractivity contribution >= 4 is 42.1 Å². The maximum absolute atomic E-state index is 11.9. The second-order valence-corrected chi connectivity index (χ2v) is 6.18. The molecule has 0 fully saturated rings. The average Bonchev–Trinajstić information content (AvgIpc) is 2.47. The van der Waals surface area contributed by atoms with Crippen molar-refractivity contribution in [3.63, 3.8) is 0 Å². The zero-order valence-electron chi connectivity index (χ0n) is 12.7. The summed E-state index contributed by atoms with van der Waals surface area (Å²) in [6, 6.07) is 4.43. The molecule has 0 bridgehead atoms. The Morgan fingerprint density at radius 3 is 2.35 bits per heavy atom. The van der Waals surface area contributed by atoms with Crippen molar-refractivity contribution < 1.29 is 19.6 Å². The molecule has 0 saturated heterocycles. The molecule has 1 aromatic carbocycles. The van der Waals surface area contributed by atoms with Crippen LogP contribution < -0.4 is 10.6 Å². The average molecular weight is 361 g/mol. The van der Waals surface area contributed by atoms with Crippen LogP contribution in [0.25, 0.3) is 0 Å². The SMILES string of the molecule is CC(CCB(O)O)CNC(=O)CNC(=O)c1cc(Cl)cc(Cl)c1. The largest absolute Gasteiger partial charge is 0.451 e. The van der Waals surface area contributed by atoms with E-state index in [1.807, 2.05) is 6.92 Å². The van der Waals surface area contributed by atoms with Crippen molar-refractivity contribution in [2.24, 2.45) is 5.92 Å². The van der Waals surface area contributed by atoms with Crippen molar-refractivity contribution in [3.05, 3.63) is 33.8 Å². The smallest absolute Gasteiger partial charge is 0.427 e. The van der Waals surface area contributed by atoms with Crippen LogP contribution in [0.5, 0.6) is 0 Å². The predicted molar refractivity (Wildman–Crippen MR) is 90.6 cm³/mol. The van der Waals surface area contributed by atoms with E-state index < -0.39 is 13.0 Å². The Labute approximate surface area is 145 Å². The van der Waals surface area contributed by atoms with Gasteiger partial charge in [0.15, 0.2) is 0 Å². The first-order valence-electron chi connectivity index (χ1n) is 7.15. The van der Waals surface area contributed by atoms with Crippen molar-refractivity contribution in [2.45, 2.75) is 19.7 Å². The summed E-state index contributed by atoms with van der Waals surface area (Å²) < 4.78 is 0. The lowest BCUT2D eigenvalue weighted by Gasteiger charge is -2.12. The summed E-state index contributed by atoms with van der Waals surface area (Å²) in [6.45, 7) is 2.11. The summed E-state index contributed by atoms with van der Waals surface area (Å²) >= 11 is 11.6. The molecule has 0 aliphatic carbocycles. The summed E-state index contributed by atoms with van der Waals surface area (Å²) in [7, 11) is -1.34. The molecule has 0 aromatic heterocycles. The number of carbonyl (C=O) groups is 2. The Morgan fingerprint density at radius 2 is 1.78 bits per heavy atom. The Kier molecular flexibility index (Phi) is 8.40. The van der Waals surface area contributed by atoms with Gasteiger partial charge in [-0.1, -0.05) is 36.5 Å². The topological polar surface area (TPSA) is 98.7 Å². The van der Waals surface area contributed by atoms with Crippen LogP contribution >= 0.6 is 23.2 Å². The lowest BCUT2D eigenvalue weighted by atomic mass is 9.81. The van der Waals surface area contributed by atoms with Crippen LogP contribution in [0.15, 0.2) is 18.2 Å². The van der Waals surface area contributed by atoms with E-state index >= 15 is 0 Å². The molecule has 1 rings (SSSR count). The maximum Gasteiger partial charge on any atom is 0.451 e. The highest BCUT2D eigenvalue weighted by atomic mass is 35.5. The van der Waals surface area contributed by atoms with Gasteiger partial charge in [0.25, 0.3) is 5.91 Å². The lowest BCUT2D eigenvalue weighted by Crippen LogP contribution is -2.38. The molecule has 1 unspecified atom stereocenters. The van der Waals surface area contributed by atoms with Crippen molar-refractivity contribution in [2.75, 3.05) is 13.1 Å². The number of nitrogens with one attached hydrogen (secondary N) is 2. The summed E-state index contributed by atoms with van der Waals surface area (Å²) in [4.78, 5) is 23.6. The second kappa shape index (κ2) is 9.77. The number of benzene rings is 1. The molecule has 0 radical (unpaired) electrons. The Morgan fingerprint density at radius 1 is 1.17 bits per heavy atom. The van der Waals surface area contributed by atoms with Gasteiger partial charge < -0.3 is 20.7 Å². The monoisotopic (exact) mass is 360 g/mol. The van der Waals surface area contributed by atoms with Crippen LogP contribution in [0.2, 0.25) is 16.4 Å². The highest BCUT2D eigenvalue weighted by molar-refractivity contribution is 6.40. The summed E-state index contributed by atoms with van der Waals surface area (Å²) in [5, 5.41) is 23.4. The van der Waals surface area contributed by atoms with E-state index in [0.29, 0.717) is 23.0 Å². The third-order valence-corrected chi connectivity index (χ3v) is 3.54. The fourth-order valence-corrected chi connectivity index (χ4v) is 2.36. The predicted octanol–water partition coefficient (Wildman–Crippen LogP) is 1.34. The first-order valence-corrected chi connectivity index (χ1v) is 7.90. The second-order valence-electron chi connectivity index (χ2n) is 5.31. The van der Waals surface area contributed by atoms with Gasteiger partial charge in [0.1, 0.15) is 0 Å². The molecule has 0 heterocycles. The third kappa shape index (κ3) is 8.22. The normalized spacial score (nSPS) is 11.7. The van der Waals surface area contributed by atoms with E-state index in [9.17, 15) is 9.59 Å². The third-order valence-electron chi connectivity index (χ3n) is 3.10. The van der Waals surface area contributed by atoms with Crippen LogP contribution in [-0.2, 0) is 4.79 Å². The molecule has 0 saturated carbocycles. The minimum Gasteiger partial charge on any atom is -0.427 e. The summed E-state index contributed by atoms with van der Waals surface area (Å²) in [5.74, 6) is -0.674. The Bertz CT molecular complexity index is 537. The lowest BCUT2D eigenvalue weighted by molar-refractivity contribution is -0.120. The maximum atomic E-state index is 11.9. The van der Waals surface area contributed by atoms with Crippen LogP contribution in [-0.4, -0.2) is 42.1 Å². The number of hydrogen-bond acceptors (Lipinski definition) is 4. The molecule has 9 heteroatoms.